The fraction of sp³-hybridized carbons (Fsp3) is 0.440. The Labute approximate surface area is 180 Å². The molecule has 0 aliphatic carbocycles. The molecule has 0 aromatic heterocycles. The van der Waals surface area contributed by atoms with E-state index >= 15 is 0 Å². The maximum absolute atomic E-state index is 5.99. The second kappa shape index (κ2) is 10.3. The zero-order valence-corrected chi connectivity index (χ0v) is 18.5. The van der Waals surface area contributed by atoms with Crippen LogP contribution in [0.2, 0.25) is 5.02 Å². The lowest BCUT2D eigenvalue weighted by molar-refractivity contribution is 0.0964. The zero-order chi connectivity index (χ0) is 20.7. The van der Waals surface area contributed by atoms with Crippen LogP contribution in [-0.2, 0) is 13.1 Å². The van der Waals surface area contributed by atoms with Gasteiger partial charge in [0.05, 0.1) is 7.11 Å². The Kier molecular flexibility index (Phi) is 7.77. The molecule has 0 bridgehead atoms. The van der Waals surface area contributed by atoms with E-state index in [-0.39, 0.29) is 0 Å². The molecule has 0 saturated carbocycles. The predicted molar refractivity (Wildman–Crippen MR) is 123 cm³/mol. The van der Waals surface area contributed by atoms with Crippen LogP contribution in [0.3, 0.4) is 0 Å². The lowest BCUT2D eigenvalue weighted by Gasteiger charge is -2.42. The van der Waals surface area contributed by atoms with Crippen LogP contribution in [0.25, 0.3) is 0 Å². The fourth-order valence-corrected chi connectivity index (χ4v) is 4.43. The van der Waals surface area contributed by atoms with Crippen LogP contribution in [0.4, 0.5) is 0 Å². The van der Waals surface area contributed by atoms with Crippen molar-refractivity contribution < 1.29 is 4.74 Å². The number of piperidine rings is 1. The number of nitrogens with zero attached hydrogens (tertiary/aromatic N) is 1. The van der Waals surface area contributed by atoms with Crippen LogP contribution >= 0.6 is 11.6 Å². The Morgan fingerprint density at radius 1 is 1.07 bits per heavy atom. The van der Waals surface area contributed by atoms with Crippen LogP contribution in [0.5, 0.6) is 5.75 Å². The number of ether oxygens (including phenoxy) is 1. The maximum Gasteiger partial charge on any atom is 0.118 e. The topological polar surface area (TPSA) is 24.5 Å². The summed E-state index contributed by atoms with van der Waals surface area (Å²) in [6, 6.07) is 16.5. The van der Waals surface area contributed by atoms with Gasteiger partial charge in [-0.05, 0) is 80.1 Å². The van der Waals surface area contributed by atoms with Gasteiger partial charge in [-0.3, -0.25) is 4.90 Å². The minimum Gasteiger partial charge on any atom is -0.497 e. The van der Waals surface area contributed by atoms with Crippen molar-refractivity contribution in [3.05, 3.63) is 76.8 Å². The number of hydrogen-bond acceptors (Lipinski definition) is 3. The van der Waals surface area contributed by atoms with Gasteiger partial charge in [-0.25, -0.2) is 0 Å². The number of likely N-dealkylation sites (tertiary alicyclic amines) is 1. The Bertz CT molecular complexity index is 777. The van der Waals surface area contributed by atoms with Gasteiger partial charge in [0.15, 0.2) is 0 Å². The van der Waals surface area contributed by atoms with Crippen molar-refractivity contribution in [1.82, 2.24) is 10.2 Å². The van der Waals surface area contributed by atoms with Gasteiger partial charge in [0.25, 0.3) is 0 Å². The summed E-state index contributed by atoms with van der Waals surface area (Å²) in [6.45, 7) is 11.5. The predicted octanol–water partition coefficient (Wildman–Crippen LogP) is 5.69. The maximum atomic E-state index is 5.99. The molecule has 2 aromatic carbocycles. The summed E-state index contributed by atoms with van der Waals surface area (Å²) in [4.78, 5) is 2.57. The number of rotatable bonds is 9. The molecule has 3 rings (SSSR count). The Morgan fingerprint density at radius 3 is 2.28 bits per heavy atom. The van der Waals surface area contributed by atoms with Crippen molar-refractivity contribution in [3.8, 4) is 5.75 Å². The summed E-state index contributed by atoms with van der Waals surface area (Å²) in [5.74, 6) is 0.916. The van der Waals surface area contributed by atoms with E-state index < -0.39 is 0 Å². The lowest BCUT2D eigenvalue weighted by Crippen LogP contribution is -2.45. The van der Waals surface area contributed by atoms with E-state index in [9.17, 15) is 0 Å². The first-order valence-corrected chi connectivity index (χ1v) is 10.8. The van der Waals surface area contributed by atoms with E-state index in [1.807, 2.05) is 24.3 Å². The van der Waals surface area contributed by atoms with Crippen molar-refractivity contribution in [2.75, 3.05) is 26.7 Å². The highest BCUT2D eigenvalue weighted by Crippen LogP contribution is 2.37. The first-order chi connectivity index (χ1) is 14.0. The molecule has 1 aliphatic heterocycles. The van der Waals surface area contributed by atoms with Gasteiger partial charge in [0.1, 0.15) is 5.75 Å². The SMILES string of the molecule is C=C(C)CC1(CNCc2ccc(Cl)cc2)CCN(Cc2ccc(OC)cc2)CC1. The molecule has 0 spiro atoms. The first kappa shape index (κ1) is 21.9. The smallest absolute Gasteiger partial charge is 0.118 e. The van der Waals surface area contributed by atoms with Gasteiger partial charge in [0.2, 0.25) is 0 Å². The van der Waals surface area contributed by atoms with Crippen molar-refractivity contribution >= 4 is 11.6 Å². The van der Waals surface area contributed by atoms with Gasteiger partial charge in [-0.1, -0.05) is 41.4 Å². The Hall–Kier alpha value is -1.81. The minimum absolute atomic E-state index is 0.300. The summed E-state index contributed by atoms with van der Waals surface area (Å²) in [5, 5.41) is 4.49. The standard InChI is InChI=1S/C25H33ClN2O/c1-20(2)16-25(19-27-17-21-4-8-23(26)9-5-21)12-14-28(15-13-25)18-22-6-10-24(29-3)11-7-22/h4-11,27H,1,12-19H2,2-3H3. The molecule has 1 N–H and O–H groups in total. The van der Waals surface area contributed by atoms with Gasteiger partial charge in [0, 0.05) is 24.7 Å². The molecule has 156 valence electrons. The van der Waals surface area contributed by atoms with Crippen molar-refractivity contribution in [1.29, 1.82) is 0 Å². The lowest BCUT2D eigenvalue weighted by atomic mass is 9.73. The third-order valence-corrected chi connectivity index (χ3v) is 6.15. The van der Waals surface area contributed by atoms with E-state index in [1.54, 1.807) is 7.11 Å². The molecule has 0 atom stereocenters. The number of halogens is 1. The van der Waals surface area contributed by atoms with E-state index in [4.69, 9.17) is 16.3 Å². The molecular weight excluding hydrogens is 380 g/mol. The first-order valence-electron chi connectivity index (χ1n) is 10.4. The highest BCUT2D eigenvalue weighted by molar-refractivity contribution is 6.30. The highest BCUT2D eigenvalue weighted by atomic mass is 35.5. The molecule has 2 aromatic rings. The van der Waals surface area contributed by atoms with E-state index in [2.05, 4.69) is 48.0 Å². The summed E-state index contributed by atoms with van der Waals surface area (Å²) in [7, 11) is 1.71. The molecule has 1 fully saturated rings. The Morgan fingerprint density at radius 2 is 1.69 bits per heavy atom. The summed E-state index contributed by atoms with van der Waals surface area (Å²) in [5.41, 5.74) is 4.20. The van der Waals surface area contributed by atoms with E-state index in [1.165, 1.54) is 29.5 Å². The number of nitrogens with one attached hydrogen (secondary N) is 1. The van der Waals surface area contributed by atoms with Gasteiger partial charge in [-0.15, -0.1) is 6.58 Å². The monoisotopic (exact) mass is 412 g/mol. The molecule has 0 radical (unpaired) electrons. The third-order valence-electron chi connectivity index (χ3n) is 5.90. The highest BCUT2D eigenvalue weighted by Gasteiger charge is 2.34. The molecule has 3 nitrogen and oxygen atoms in total. The van der Waals surface area contributed by atoms with Crippen LogP contribution in [-0.4, -0.2) is 31.6 Å². The van der Waals surface area contributed by atoms with Crippen LogP contribution < -0.4 is 10.1 Å². The largest absolute Gasteiger partial charge is 0.497 e. The van der Waals surface area contributed by atoms with Crippen molar-refractivity contribution in [2.24, 2.45) is 5.41 Å². The molecule has 1 heterocycles. The minimum atomic E-state index is 0.300. The molecular formula is C25H33ClN2O. The molecule has 4 heteroatoms. The second-order valence-electron chi connectivity index (χ2n) is 8.49. The number of hydrogen-bond donors (Lipinski definition) is 1. The molecule has 1 aliphatic rings. The normalized spacial score (nSPS) is 16.5. The summed E-state index contributed by atoms with van der Waals surface area (Å²) < 4.78 is 5.26. The average molecular weight is 413 g/mol. The van der Waals surface area contributed by atoms with Gasteiger partial charge < -0.3 is 10.1 Å². The number of methoxy groups -OCH3 is 1. The average Bonchev–Trinajstić information content (AvgIpc) is 2.71. The Balaban J connectivity index is 1.53. The van der Waals surface area contributed by atoms with Crippen molar-refractivity contribution in [3.63, 3.8) is 0 Å². The third kappa shape index (κ3) is 6.60. The molecule has 0 amide bonds. The molecule has 29 heavy (non-hydrogen) atoms. The van der Waals surface area contributed by atoms with Crippen molar-refractivity contribution in [2.45, 2.75) is 39.3 Å². The van der Waals surface area contributed by atoms with Crippen LogP contribution in [0.15, 0.2) is 60.7 Å². The zero-order valence-electron chi connectivity index (χ0n) is 17.7. The second-order valence-corrected chi connectivity index (χ2v) is 8.92. The van der Waals surface area contributed by atoms with Gasteiger partial charge >= 0.3 is 0 Å². The summed E-state index contributed by atoms with van der Waals surface area (Å²) in [6.07, 6.45) is 3.49. The number of allylic oxidation sites excluding steroid dienone is 1. The van der Waals surface area contributed by atoms with Crippen LogP contribution in [0, 0.1) is 5.41 Å². The summed E-state index contributed by atoms with van der Waals surface area (Å²) >= 11 is 5.99. The van der Waals surface area contributed by atoms with E-state index in [0.717, 1.165) is 49.9 Å². The van der Waals surface area contributed by atoms with E-state index in [0.29, 0.717) is 5.41 Å². The van der Waals surface area contributed by atoms with Gasteiger partial charge in [-0.2, -0.15) is 0 Å². The molecule has 0 unspecified atom stereocenters. The molecule has 1 saturated heterocycles. The number of benzene rings is 2. The van der Waals surface area contributed by atoms with Crippen LogP contribution in [0.1, 0.15) is 37.3 Å². The fourth-order valence-electron chi connectivity index (χ4n) is 4.31. The quantitative estimate of drug-likeness (QED) is 0.535.